The lowest BCUT2D eigenvalue weighted by Gasteiger charge is -2.31. The number of nitrogens with one attached hydrogen (secondary N) is 2. The summed E-state index contributed by atoms with van der Waals surface area (Å²) in [5.74, 6) is 0. The predicted molar refractivity (Wildman–Crippen MR) is 74.0 cm³/mol. The highest BCUT2D eigenvalue weighted by Gasteiger charge is 2.24. The largest absolute Gasteiger partial charge is 0.391 e. The van der Waals surface area contributed by atoms with Gasteiger partial charge < -0.3 is 15.7 Å². The van der Waals surface area contributed by atoms with Gasteiger partial charge in [-0.15, -0.1) is 0 Å². The summed E-state index contributed by atoms with van der Waals surface area (Å²) in [5.41, 5.74) is 0. The van der Waals surface area contributed by atoms with Gasteiger partial charge in [-0.05, 0) is 37.9 Å². The number of hydrogen-bond donors (Lipinski definition) is 3. The first-order chi connectivity index (χ1) is 8.25. The van der Waals surface area contributed by atoms with Gasteiger partial charge in [0.25, 0.3) is 0 Å². The maximum Gasteiger partial charge on any atom is 0.166 e. The summed E-state index contributed by atoms with van der Waals surface area (Å²) in [7, 11) is 0. The summed E-state index contributed by atoms with van der Waals surface area (Å²) >= 11 is 5.34. The SMILES string of the molecule is O[C@H]1CCCC[C@H]1NC(=S)NC1CCCCC1. The van der Waals surface area contributed by atoms with E-state index >= 15 is 0 Å². The highest BCUT2D eigenvalue weighted by molar-refractivity contribution is 7.80. The number of hydrogen-bond acceptors (Lipinski definition) is 2. The summed E-state index contributed by atoms with van der Waals surface area (Å²) in [6.45, 7) is 0. The van der Waals surface area contributed by atoms with E-state index in [2.05, 4.69) is 10.6 Å². The van der Waals surface area contributed by atoms with Crippen LogP contribution in [0.15, 0.2) is 0 Å². The Morgan fingerprint density at radius 3 is 2.24 bits per heavy atom. The monoisotopic (exact) mass is 256 g/mol. The van der Waals surface area contributed by atoms with Crippen molar-refractivity contribution in [3.05, 3.63) is 0 Å². The molecule has 4 heteroatoms. The Hall–Kier alpha value is -0.350. The van der Waals surface area contributed by atoms with Gasteiger partial charge in [0.15, 0.2) is 5.11 Å². The van der Waals surface area contributed by atoms with Crippen molar-refractivity contribution in [2.75, 3.05) is 0 Å². The van der Waals surface area contributed by atoms with Gasteiger partial charge in [-0.2, -0.15) is 0 Å². The lowest BCUT2D eigenvalue weighted by molar-refractivity contribution is 0.0995. The highest BCUT2D eigenvalue weighted by Crippen LogP contribution is 2.19. The Morgan fingerprint density at radius 2 is 1.53 bits per heavy atom. The lowest BCUT2D eigenvalue weighted by atomic mass is 9.92. The molecular weight excluding hydrogens is 232 g/mol. The van der Waals surface area contributed by atoms with Crippen molar-refractivity contribution in [3.63, 3.8) is 0 Å². The number of aliphatic hydroxyl groups is 1. The standard InChI is InChI=1S/C13H24N2OS/c16-12-9-5-4-8-11(12)15-13(17)14-10-6-2-1-3-7-10/h10-12,16H,1-9H2,(H2,14,15,17)/t11-,12+/m1/s1. The maximum absolute atomic E-state index is 9.87. The average Bonchev–Trinajstić information content (AvgIpc) is 2.33. The van der Waals surface area contributed by atoms with E-state index in [1.54, 1.807) is 0 Å². The molecule has 17 heavy (non-hydrogen) atoms. The third-order valence-corrected chi connectivity index (χ3v) is 4.22. The molecule has 0 radical (unpaired) electrons. The van der Waals surface area contributed by atoms with Gasteiger partial charge >= 0.3 is 0 Å². The molecular formula is C13H24N2OS. The molecule has 0 aromatic rings. The molecule has 2 rings (SSSR count). The second kappa shape index (κ2) is 6.55. The molecule has 2 aliphatic carbocycles. The molecule has 0 aliphatic heterocycles. The van der Waals surface area contributed by atoms with E-state index in [1.807, 2.05) is 0 Å². The molecule has 2 atom stereocenters. The summed E-state index contributed by atoms with van der Waals surface area (Å²) in [6, 6.07) is 0.705. The van der Waals surface area contributed by atoms with Crippen molar-refractivity contribution in [2.45, 2.75) is 76.0 Å². The van der Waals surface area contributed by atoms with Crippen LogP contribution >= 0.6 is 12.2 Å². The van der Waals surface area contributed by atoms with Crippen molar-refractivity contribution in [1.29, 1.82) is 0 Å². The van der Waals surface area contributed by atoms with E-state index < -0.39 is 0 Å². The molecule has 3 nitrogen and oxygen atoms in total. The smallest absolute Gasteiger partial charge is 0.166 e. The van der Waals surface area contributed by atoms with Crippen LogP contribution in [0.5, 0.6) is 0 Å². The van der Waals surface area contributed by atoms with Crippen molar-refractivity contribution < 1.29 is 5.11 Å². The summed E-state index contributed by atoms with van der Waals surface area (Å²) < 4.78 is 0. The quantitative estimate of drug-likeness (QED) is 0.662. The van der Waals surface area contributed by atoms with Gasteiger partial charge in [0.1, 0.15) is 0 Å². The van der Waals surface area contributed by atoms with Gasteiger partial charge in [-0.3, -0.25) is 0 Å². The van der Waals surface area contributed by atoms with Gasteiger partial charge in [0.05, 0.1) is 12.1 Å². The zero-order chi connectivity index (χ0) is 12.1. The van der Waals surface area contributed by atoms with Gasteiger partial charge in [0.2, 0.25) is 0 Å². The van der Waals surface area contributed by atoms with Crippen LogP contribution in [-0.4, -0.2) is 28.4 Å². The third kappa shape index (κ3) is 4.11. The van der Waals surface area contributed by atoms with E-state index in [-0.39, 0.29) is 12.1 Å². The Balaban J connectivity index is 1.72. The molecule has 0 aromatic carbocycles. The lowest BCUT2D eigenvalue weighted by Crippen LogP contribution is -2.51. The topological polar surface area (TPSA) is 44.3 Å². The molecule has 2 aliphatic rings. The Labute approximate surface area is 109 Å². The van der Waals surface area contributed by atoms with Crippen molar-refractivity contribution in [3.8, 4) is 0 Å². The van der Waals surface area contributed by atoms with E-state index in [4.69, 9.17) is 12.2 Å². The average molecular weight is 256 g/mol. The zero-order valence-corrected chi connectivity index (χ0v) is 11.3. The van der Waals surface area contributed by atoms with Gasteiger partial charge in [-0.25, -0.2) is 0 Å². The molecule has 2 saturated carbocycles. The number of thiocarbonyl (C=S) groups is 1. The molecule has 0 heterocycles. The first kappa shape index (κ1) is 13.1. The minimum Gasteiger partial charge on any atom is -0.391 e. The normalized spacial score (nSPS) is 30.9. The predicted octanol–water partition coefficient (Wildman–Crippen LogP) is 2.09. The van der Waals surface area contributed by atoms with Crippen molar-refractivity contribution in [1.82, 2.24) is 10.6 Å². The van der Waals surface area contributed by atoms with Crippen LogP contribution in [0.25, 0.3) is 0 Å². The number of rotatable bonds is 2. The molecule has 0 saturated heterocycles. The van der Waals surface area contributed by atoms with E-state index in [0.29, 0.717) is 6.04 Å². The van der Waals surface area contributed by atoms with E-state index in [9.17, 15) is 5.11 Å². The molecule has 2 fully saturated rings. The van der Waals surface area contributed by atoms with Crippen LogP contribution in [-0.2, 0) is 0 Å². The van der Waals surface area contributed by atoms with Crippen molar-refractivity contribution >= 4 is 17.3 Å². The Morgan fingerprint density at radius 1 is 0.882 bits per heavy atom. The Bertz CT molecular complexity index is 254. The summed E-state index contributed by atoms with van der Waals surface area (Å²) in [4.78, 5) is 0. The zero-order valence-electron chi connectivity index (χ0n) is 10.5. The fourth-order valence-electron chi connectivity index (χ4n) is 2.92. The number of aliphatic hydroxyl groups excluding tert-OH is 1. The third-order valence-electron chi connectivity index (χ3n) is 3.99. The van der Waals surface area contributed by atoms with Crippen LogP contribution < -0.4 is 10.6 Å². The van der Waals surface area contributed by atoms with E-state index in [1.165, 1.54) is 38.5 Å². The van der Waals surface area contributed by atoms with E-state index in [0.717, 1.165) is 24.4 Å². The summed E-state index contributed by atoms with van der Waals surface area (Å²) in [5, 5.41) is 17.3. The second-order valence-electron chi connectivity index (χ2n) is 5.41. The highest BCUT2D eigenvalue weighted by atomic mass is 32.1. The van der Waals surface area contributed by atoms with Gasteiger partial charge in [-0.1, -0.05) is 32.1 Å². The molecule has 0 amide bonds. The summed E-state index contributed by atoms with van der Waals surface area (Å²) in [6.07, 6.45) is 10.5. The van der Waals surface area contributed by atoms with Crippen LogP contribution in [0.1, 0.15) is 57.8 Å². The first-order valence-corrected chi connectivity index (χ1v) is 7.41. The fourth-order valence-corrected chi connectivity index (χ4v) is 3.24. The molecule has 3 N–H and O–H groups in total. The Kier molecular flexibility index (Phi) is 5.04. The minimum absolute atomic E-state index is 0.160. The van der Waals surface area contributed by atoms with Crippen LogP contribution in [0, 0.1) is 0 Å². The molecule has 98 valence electrons. The van der Waals surface area contributed by atoms with Crippen LogP contribution in [0.3, 0.4) is 0 Å². The first-order valence-electron chi connectivity index (χ1n) is 7.01. The van der Waals surface area contributed by atoms with Gasteiger partial charge in [0, 0.05) is 6.04 Å². The fraction of sp³-hybridized carbons (Fsp3) is 0.923. The maximum atomic E-state index is 9.87. The van der Waals surface area contributed by atoms with Crippen LogP contribution in [0.2, 0.25) is 0 Å². The second-order valence-corrected chi connectivity index (χ2v) is 5.82. The van der Waals surface area contributed by atoms with Crippen LogP contribution in [0.4, 0.5) is 0 Å². The molecule has 0 aromatic heterocycles. The van der Waals surface area contributed by atoms with Crippen molar-refractivity contribution in [2.24, 2.45) is 0 Å². The molecule has 0 spiro atoms. The minimum atomic E-state index is -0.227. The molecule has 0 bridgehead atoms. The molecule has 0 unspecified atom stereocenters.